The lowest BCUT2D eigenvalue weighted by molar-refractivity contribution is 0.0718. The fraction of sp³-hybridized carbons (Fsp3) is 0.258. The summed E-state index contributed by atoms with van der Waals surface area (Å²) in [6.45, 7) is 5.11. The summed E-state index contributed by atoms with van der Waals surface area (Å²) >= 11 is 5.95. The van der Waals surface area contributed by atoms with Crippen LogP contribution in [0.3, 0.4) is 0 Å². The number of aromatic nitrogens is 2. The van der Waals surface area contributed by atoms with E-state index in [2.05, 4.69) is 10.3 Å². The molecule has 0 spiro atoms. The maximum Gasteiger partial charge on any atom is 0.253 e. The van der Waals surface area contributed by atoms with Crippen LogP contribution >= 0.6 is 11.6 Å². The second kappa shape index (κ2) is 10.9. The predicted molar refractivity (Wildman–Crippen MR) is 151 cm³/mol. The first-order valence-electron chi connectivity index (χ1n) is 12.9. The number of nitrogens with zero attached hydrogens (tertiary/aromatic N) is 3. The summed E-state index contributed by atoms with van der Waals surface area (Å²) in [5.41, 5.74) is 3.72. The molecule has 1 aromatic heterocycles. The normalized spacial score (nSPS) is 15.6. The van der Waals surface area contributed by atoms with Gasteiger partial charge in [0.15, 0.2) is 0 Å². The van der Waals surface area contributed by atoms with E-state index in [0.29, 0.717) is 29.6 Å². The van der Waals surface area contributed by atoms with E-state index in [1.165, 1.54) is 0 Å². The van der Waals surface area contributed by atoms with Gasteiger partial charge in [-0.1, -0.05) is 66.2 Å². The van der Waals surface area contributed by atoms with Crippen LogP contribution in [0.4, 0.5) is 5.95 Å². The second-order valence-electron chi connectivity index (χ2n) is 9.89. The first-order chi connectivity index (χ1) is 18.3. The SMILES string of the molecule is Cc1nc(NC2CCN(C(=O)c3ccc(Cl)cc3)CC2)ncc1-c1ccccc1C(C)(O)c1ccccc1. The number of piperidine rings is 1. The van der Waals surface area contributed by atoms with Gasteiger partial charge in [-0.25, -0.2) is 9.97 Å². The molecule has 3 aromatic carbocycles. The number of carbonyl (C=O) groups excluding carboxylic acids is 1. The van der Waals surface area contributed by atoms with Crippen LogP contribution in [-0.4, -0.2) is 45.0 Å². The van der Waals surface area contributed by atoms with E-state index in [4.69, 9.17) is 16.6 Å². The highest BCUT2D eigenvalue weighted by Gasteiger charge is 2.29. The summed E-state index contributed by atoms with van der Waals surface area (Å²) in [6.07, 6.45) is 3.45. The number of anilines is 1. The summed E-state index contributed by atoms with van der Waals surface area (Å²) < 4.78 is 0. The molecule has 0 aliphatic carbocycles. The Morgan fingerprint density at radius 3 is 2.32 bits per heavy atom. The highest BCUT2D eigenvalue weighted by molar-refractivity contribution is 6.30. The number of hydrogen-bond acceptors (Lipinski definition) is 5. The zero-order valence-electron chi connectivity index (χ0n) is 21.6. The summed E-state index contributed by atoms with van der Waals surface area (Å²) in [4.78, 5) is 24.1. The highest BCUT2D eigenvalue weighted by Crippen LogP contribution is 2.37. The Hall–Kier alpha value is -3.74. The van der Waals surface area contributed by atoms with Crippen LogP contribution < -0.4 is 5.32 Å². The Morgan fingerprint density at radius 1 is 0.974 bits per heavy atom. The Labute approximate surface area is 228 Å². The lowest BCUT2D eigenvalue weighted by Gasteiger charge is -2.32. The minimum absolute atomic E-state index is 0.0293. The van der Waals surface area contributed by atoms with E-state index in [1.54, 1.807) is 24.3 Å². The van der Waals surface area contributed by atoms with Crippen LogP contribution in [0, 0.1) is 6.92 Å². The fourth-order valence-electron chi connectivity index (χ4n) is 5.05. The summed E-state index contributed by atoms with van der Waals surface area (Å²) in [5, 5.41) is 15.6. The van der Waals surface area contributed by atoms with Gasteiger partial charge in [-0.05, 0) is 67.6 Å². The van der Waals surface area contributed by atoms with Gasteiger partial charge < -0.3 is 15.3 Å². The molecule has 1 amide bonds. The average molecular weight is 527 g/mol. The summed E-state index contributed by atoms with van der Waals surface area (Å²) in [5.74, 6) is 0.600. The highest BCUT2D eigenvalue weighted by atomic mass is 35.5. The number of carbonyl (C=O) groups is 1. The van der Waals surface area contributed by atoms with Gasteiger partial charge in [0.1, 0.15) is 5.60 Å². The molecule has 1 saturated heterocycles. The molecule has 1 aliphatic heterocycles. The molecule has 38 heavy (non-hydrogen) atoms. The molecule has 0 saturated carbocycles. The van der Waals surface area contributed by atoms with Crippen LogP contribution in [-0.2, 0) is 5.60 Å². The fourth-order valence-corrected chi connectivity index (χ4v) is 5.17. The van der Waals surface area contributed by atoms with Crippen LogP contribution in [0.5, 0.6) is 0 Å². The number of aliphatic hydroxyl groups is 1. The van der Waals surface area contributed by atoms with E-state index in [0.717, 1.165) is 40.8 Å². The molecule has 0 radical (unpaired) electrons. The van der Waals surface area contributed by atoms with E-state index in [9.17, 15) is 9.90 Å². The predicted octanol–water partition coefficient (Wildman–Crippen LogP) is 6.08. The number of amides is 1. The van der Waals surface area contributed by atoms with Crippen LogP contribution in [0.15, 0.2) is 85.1 Å². The zero-order valence-corrected chi connectivity index (χ0v) is 22.3. The van der Waals surface area contributed by atoms with Crippen molar-refractivity contribution in [3.05, 3.63) is 112 Å². The third kappa shape index (κ3) is 5.42. The summed E-state index contributed by atoms with van der Waals surface area (Å²) in [7, 11) is 0. The van der Waals surface area contributed by atoms with Crippen molar-refractivity contribution in [1.82, 2.24) is 14.9 Å². The minimum atomic E-state index is -1.17. The maximum atomic E-state index is 12.8. The Kier molecular flexibility index (Phi) is 7.45. The van der Waals surface area contributed by atoms with Crippen molar-refractivity contribution in [3.8, 4) is 11.1 Å². The van der Waals surface area contributed by atoms with Gasteiger partial charge in [-0.15, -0.1) is 0 Å². The Balaban J connectivity index is 1.28. The monoisotopic (exact) mass is 526 g/mol. The van der Waals surface area contributed by atoms with Crippen molar-refractivity contribution in [3.63, 3.8) is 0 Å². The molecule has 5 rings (SSSR count). The molecule has 1 aliphatic rings. The van der Waals surface area contributed by atoms with Crippen LogP contribution in [0.25, 0.3) is 11.1 Å². The van der Waals surface area contributed by atoms with E-state index < -0.39 is 5.60 Å². The molecule has 1 fully saturated rings. The van der Waals surface area contributed by atoms with E-state index in [1.807, 2.05) is 79.5 Å². The molecule has 6 nitrogen and oxygen atoms in total. The molecule has 2 heterocycles. The number of halogens is 1. The second-order valence-corrected chi connectivity index (χ2v) is 10.3. The van der Waals surface area contributed by atoms with Gasteiger partial charge in [-0.3, -0.25) is 4.79 Å². The van der Waals surface area contributed by atoms with Gasteiger partial charge >= 0.3 is 0 Å². The summed E-state index contributed by atoms with van der Waals surface area (Å²) in [6, 6.07) is 24.7. The number of hydrogen-bond donors (Lipinski definition) is 2. The van der Waals surface area contributed by atoms with E-state index in [-0.39, 0.29) is 11.9 Å². The average Bonchev–Trinajstić information content (AvgIpc) is 2.94. The Morgan fingerprint density at radius 2 is 1.63 bits per heavy atom. The van der Waals surface area contributed by atoms with Crippen molar-refractivity contribution in [1.29, 1.82) is 0 Å². The van der Waals surface area contributed by atoms with Crippen molar-refractivity contribution in [2.75, 3.05) is 18.4 Å². The smallest absolute Gasteiger partial charge is 0.253 e. The number of likely N-dealkylation sites (tertiary alicyclic amines) is 1. The molecule has 0 bridgehead atoms. The molecule has 4 aromatic rings. The first kappa shape index (κ1) is 25.9. The Bertz CT molecular complexity index is 1420. The molecule has 194 valence electrons. The lowest BCUT2D eigenvalue weighted by Crippen LogP contribution is -2.42. The van der Waals surface area contributed by atoms with Gasteiger partial charge in [0.05, 0.1) is 5.69 Å². The molecule has 1 unspecified atom stereocenters. The zero-order chi connectivity index (χ0) is 26.7. The standard InChI is InChI=1S/C31H31ClN4O2/c1-21-27(26-10-6-7-11-28(26)31(2,38)23-8-4-3-5-9-23)20-33-30(34-21)35-25-16-18-36(19-17-25)29(37)22-12-14-24(32)15-13-22/h3-15,20,25,38H,16-19H2,1-2H3,(H,33,34,35). The lowest BCUT2D eigenvalue weighted by atomic mass is 9.83. The van der Waals surface area contributed by atoms with Crippen LogP contribution in [0.1, 0.15) is 46.9 Å². The van der Waals surface area contributed by atoms with Crippen LogP contribution in [0.2, 0.25) is 5.02 Å². The van der Waals surface area contributed by atoms with Gasteiger partial charge in [-0.2, -0.15) is 0 Å². The molecule has 7 heteroatoms. The van der Waals surface area contributed by atoms with Gasteiger partial charge in [0, 0.05) is 41.5 Å². The van der Waals surface area contributed by atoms with Crippen molar-refractivity contribution < 1.29 is 9.90 Å². The third-order valence-electron chi connectivity index (χ3n) is 7.26. The number of rotatable bonds is 6. The number of benzene rings is 3. The number of aryl methyl sites for hydroxylation is 1. The maximum absolute atomic E-state index is 12.8. The molecule has 2 N–H and O–H groups in total. The minimum Gasteiger partial charge on any atom is -0.381 e. The molecular formula is C31H31ClN4O2. The van der Waals surface area contributed by atoms with Crippen molar-refractivity contribution >= 4 is 23.5 Å². The molecular weight excluding hydrogens is 496 g/mol. The first-order valence-corrected chi connectivity index (χ1v) is 13.2. The topological polar surface area (TPSA) is 78.4 Å². The number of nitrogens with one attached hydrogen (secondary N) is 1. The van der Waals surface area contributed by atoms with Crippen molar-refractivity contribution in [2.24, 2.45) is 0 Å². The quantitative estimate of drug-likeness (QED) is 0.318. The van der Waals surface area contributed by atoms with Gasteiger partial charge in [0.2, 0.25) is 5.95 Å². The largest absolute Gasteiger partial charge is 0.381 e. The van der Waals surface area contributed by atoms with E-state index >= 15 is 0 Å². The van der Waals surface area contributed by atoms with Gasteiger partial charge in [0.25, 0.3) is 5.91 Å². The van der Waals surface area contributed by atoms with Crippen molar-refractivity contribution in [2.45, 2.75) is 38.3 Å². The molecule has 1 atom stereocenters. The third-order valence-corrected chi connectivity index (χ3v) is 7.52.